The molecule has 8 aromatic rings. The quantitative estimate of drug-likeness (QED) is 0.0330. The molecular weight excluding hydrogens is 1080 g/mol. The Morgan fingerprint density at radius 3 is 1.68 bits per heavy atom. The Balaban J connectivity index is 0.000000165. The monoisotopic (exact) mass is 1120 g/mol. The first-order valence-corrected chi connectivity index (χ1v) is 24.3. The topological polar surface area (TPSA) is 190 Å². The summed E-state index contributed by atoms with van der Waals surface area (Å²) in [6.45, 7) is -0.699. The number of benzene rings is 4. The van der Waals surface area contributed by atoms with E-state index >= 15 is 0 Å². The molecule has 4 aromatic carbocycles. The van der Waals surface area contributed by atoms with Gasteiger partial charge < -0.3 is 35.5 Å². The number of anilines is 2. The summed E-state index contributed by atoms with van der Waals surface area (Å²) in [5.74, 6) is 0.0123. The lowest BCUT2D eigenvalue weighted by Crippen LogP contribution is -2.30. The maximum atomic E-state index is 13.6. The molecule has 2 aliphatic rings. The number of carbonyl (C=O) groups is 2. The van der Waals surface area contributed by atoms with Gasteiger partial charge in [0.05, 0.1) is 42.3 Å². The lowest BCUT2D eigenvalue weighted by atomic mass is 9.80. The smallest absolute Gasteiger partial charge is 0.437 e. The van der Waals surface area contributed by atoms with Crippen LogP contribution in [0.15, 0.2) is 126 Å². The fourth-order valence-electron chi connectivity index (χ4n) is 7.23. The van der Waals surface area contributed by atoms with E-state index in [9.17, 15) is 44.7 Å². The molecule has 0 aliphatic heterocycles. The number of aromatic nitrogens is 6. The van der Waals surface area contributed by atoms with Crippen molar-refractivity contribution in [3.05, 3.63) is 149 Å². The van der Waals surface area contributed by atoms with Gasteiger partial charge >= 0.3 is 19.5 Å². The molecule has 76 heavy (non-hydrogen) atoms. The summed E-state index contributed by atoms with van der Waals surface area (Å²) in [4.78, 5) is 32.4. The number of imidazole rings is 2. The van der Waals surface area contributed by atoms with Crippen molar-refractivity contribution < 1.29 is 64.2 Å². The van der Waals surface area contributed by atoms with E-state index < -0.39 is 43.9 Å². The molecule has 0 atom stereocenters. The first kappa shape index (κ1) is 54.6. The van der Waals surface area contributed by atoms with Crippen LogP contribution in [0.3, 0.4) is 0 Å². The molecule has 25 heteroatoms. The lowest BCUT2D eigenvalue weighted by molar-refractivity contribution is -0.132. The third kappa shape index (κ3) is 15.7. The first-order valence-electron chi connectivity index (χ1n) is 23.6. The maximum Gasteiger partial charge on any atom is 0.488 e. The van der Waals surface area contributed by atoms with Crippen LogP contribution in [-0.4, -0.2) is 89.5 Å². The zero-order valence-electron chi connectivity index (χ0n) is 39.8. The van der Waals surface area contributed by atoms with Crippen LogP contribution in [-0.2, 0) is 0 Å². The average molecular weight is 1120 g/mol. The molecule has 396 valence electrons. The number of hydrogen-bond acceptors (Lipinski definition) is 12. The number of nitrogens with zero attached hydrogens (tertiary/aromatic N) is 6. The summed E-state index contributed by atoms with van der Waals surface area (Å²) >= 11 is 3.25. The van der Waals surface area contributed by atoms with Gasteiger partial charge in [-0.2, -0.15) is 26.3 Å². The van der Waals surface area contributed by atoms with Crippen molar-refractivity contribution in [2.75, 3.05) is 23.7 Å². The summed E-state index contributed by atoms with van der Waals surface area (Å²) in [6.07, 6.45) is -2.78. The van der Waals surface area contributed by atoms with Gasteiger partial charge in [0.25, 0.3) is 5.91 Å². The number of nitrogens with one attached hydrogen (secondary N) is 3. The van der Waals surface area contributed by atoms with Gasteiger partial charge in [0.15, 0.2) is 17.1 Å². The third-order valence-electron chi connectivity index (χ3n) is 11.4. The Morgan fingerprint density at radius 2 is 1.18 bits per heavy atom. The molecule has 5 N–H and O–H groups in total. The van der Waals surface area contributed by atoms with E-state index in [0.717, 1.165) is 25.7 Å². The largest absolute Gasteiger partial charge is 0.488 e. The number of carbonyl (C=O) groups excluding carboxylic acids is 2. The maximum absolute atomic E-state index is 13.6. The molecule has 0 spiro atoms. The van der Waals surface area contributed by atoms with E-state index in [1.165, 1.54) is 88.0 Å². The van der Waals surface area contributed by atoms with Gasteiger partial charge in [0.2, 0.25) is 11.8 Å². The van der Waals surface area contributed by atoms with E-state index in [1.807, 2.05) is 0 Å². The molecule has 2 saturated carbocycles. The zero-order valence-corrected chi connectivity index (χ0v) is 41.3. The average Bonchev–Trinajstić information content (AvgIpc) is 4.30. The number of Topliss-reactive ketones (excluding diaryl/α,β-unsaturated/α-hetero) is 1. The predicted molar refractivity (Wildman–Crippen MR) is 269 cm³/mol. The third-order valence-corrected chi connectivity index (χ3v) is 11.9. The highest BCUT2D eigenvalue weighted by Crippen LogP contribution is 2.35. The van der Waals surface area contributed by atoms with E-state index in [4.69, 9.17) is 19.5 Å². The standard InChI is InChI=1S/C26H22F4N4O2.C15H11BrF4N4O.C10H12BNO3/c27-19-2-1-3-20(13-19)36-24-14-21(31-11-10-26(28,29)30)25-32-15-22(34(25)33-24)17-6-8-18(9-7-17)23(35)12-16-4-5-16;16-12-8-22-14-11(21-5-4-15(18,19)20)7-13(23-24(12)14)25-10-3-1-2-9(17)6-10;13-10(12-9-5-6-9)7-1-3-8(4-2-7)11(14)15/h1-3,6-9,13-16,31H,4-5,10-12H2;1-3,6-8,21H,4-5H2;1-4,9,14-15H,5-6H2,(H,12,13). The van der Waals surface area contributed by atoms with E-state index in [0.29, 0.717) is 67.8 Å². The second-order valence-corrected chi connectivity index (χ2v) is 18.4. The zero-order chi connectivity index (χ0) is 54.1. The number of halogens is 9. The summed E-state index contributed by atoms with van der Waals surface area (Å²) < 4.78 is 117. The van der Waals surface area contributed by atoms with Gasteiger partial charge in [-0.1, -0.05) is 48.5 Å². The number of rotatable bonds is 17. The molecule has 0 radical (unpaired) electrons. The number of fused-ring (bicyclic) bond motifs is 2. The molecule has 15 nitrogen and oxygen atoms in total. The number of alkyl halides is 6. The highest BCUT2D eigenvalue weighted by Gasteiger charge is 2.29. The Kier molecular flexibility index (Phi) is 17.2. The van der Waals surface area contributed by atoms with Gasteiger partial charge in [-0.25, -0.2) is 27.8 Å². The van der Waals surface area contributed by atoms with Crippen LogP contribution in [0.1, 0.15) is 65.7 Å². The molecule has 2 aliphatic carbocycles. The van der Waals surface area contributed by atoms with Crippen LogP contribution in [0.25, 0.3) is 22.6 Å². The highest BCUT2D eigenvalue weighted by molar-refractivity contribution is 9.10. The predicted octanol–water partition coefficient (Wildman–Crippen LogP) is 10.7. The fraction of sp³-hybridized carbons (Fsp3) is 0.255. The second kappa shape index (κ2) is 23.9. The lowest BCUT2D eigenvalue weighted by Gasteiger charge is -2.13. The van der Waals surface area contributed by atoms with Gasteiger partial charge in [0.1, 0.15) is 27.7 Å². The van der Waals surface area contributed by atoms with Crippen LogP contribution in [0.5, 0.6) is 23.3 Å². The van der Waals surface area contributed by atoms with Crippen molar-refractivity contribution in [2.45, 2.75) is 63.3 Å². The molecular formula is C51H45BBrF8N9O6. The van der Waals surface area contributed by atoms with Crippen LogP contribution in [0, 0.1) is 17.6 Å². The van der Waals surface area contributed by atoms with Crippen molar-refractivity contribution in [1.82, 2.24) is 34.5 Å². The Labute approximate surface area is 436 Å². The molecule has 10 rings (SSSR count). The van der Waals surface area contributed by atoms with Crippen molar-refractivity contribution in [2.24, 2.45) is 5.92 Å². The van der Waals surface area contributed by atoms with E-state index in [2.05, 4.69) is 52.0 Å². The van der Waals surface area contributed by atoms with Crippen LogP contribution in [0.4, 0.5) is 46.5 Å². The van der Waals surface area contributed by atoms with Gasteiger partial charge in [-0.05, 0) is 89.4 Å². The van der Waals surface area contributed by atoms with Gasteiger partial charge in [0, 0.05) is 66.5 Å². The van der Waals surface area contributed by atoms with Crippen LogP contribution in [0.2, 0.25) is 0 Å². The Bertz CT molecular complexity index is 3300. The van der Waals surface area contributed by atoms with Crippen molar-refractivity contribution in [3.63, 3.8) is 0 Å². The summed E-state index contributed by atoms with van der Waals surface area (Å²) in [7, 11) is -1.48. The van der Waals surface area contributed by atoms with Crippen molar-refractivity contribution >= 4 is 62.9 Å². The molecule has 4 heterocycles. The van der Waals surface area contributed by atoms with Gasteiger partial charge in [-0.3, -0.25) is 9.59 Å². The normalized spacial score (nSPS) is 13.2. The first-order chi connectivity index (χ1) is 36.2. The fourth-order valence-corrected chi connectivity index (χ4v) is 7.58. The van der Waals surface area contributed by atoms with E-state index in [1.54, 1.807) is 42.6 Å². The summed E-state index contributed by atoms with van der Waals surface area (Å²) in [5, 5.41) is 34.6. The van der Waals surface area contributed by atoms with Crippen LogP contribution < -0.4 is 30.9 Å². The minimum Gasteiger partial charge on any atom is -0.437 e. The summed E-state index contributed by atoms with van der Waals surface area (Å²) in [6, 6.07) is 27.4. The number of ether oxygens (including phenoxy) is 2. The molecule has 0 unspecified atom stereocenters. The molecule has 2 fully saturated rings. The molecule has 0 saturated heterocycles. The molecule has 0 bridgehead atoms. The highest BCUT2D eigenvalue weighted by atomic mass is 79.9. The van der Waals surface area contributed by atoms with Gasteiger partial charge in [-0.15, -0.1) is 10.2 Å². The van der Waals surface area contributed by atoms with Crippen molar-refractivity contribution in [3.8, 4) is 34.5 Å². The van der Waals surface area contributed by atoms with E-state index in [-0.39, 0.29) is 53.7 Å². The number of amides is 1. The number of ketones is 1. The minimum atomic E-state index is -4.32. The minimum absolute atomic E-state index is 0.0399. The van der Waals surface area contributed by atoms with Crippen LogP contribution >= 0.6 is 15.9 Å². The summed E-state index contributed by atoms with van der Waals surface area (Å²) in [5.41, 5.74) is 4.05. The SMILES string of the molecule is Fc1cccc(Oc2cc(NCCC(F)(F)F)c3ncc(Br)n3n2)c1.O=C(CC1CC1)c1ccc(-c2cnc3c(NCCC(F)(F)F)cc(Oc4cccc(F)c4)nn23)cc1.O=C(NC1CC1)c1ccc(B(O)O)cc1. The second-order valence-electron chi connectivity index (χ2n) is 17.6. The Hall–Kier alpha value is -7.64. The Morgan fingerprint density at radius 1 is 0.671 bits per heavy atom. The van der Waals surface area contributed by atoms with Crippen molar-refractivity contribution in [1.29, 1.82) is 0 Å². The molecule has 1 amide bonds. The molecule has 4 aromatic heterocycles. The number of hydrogen-bond donors (Lipinski definition) is 5.